The molecule has 0 fully saturated rings. The lowest BCUT2D eigenvalue weighted by Gasteiger charge is -2.29. The lowest BCUT2D eigenvalue weighted by atomic mass is 9.95. The highest BCUT2D eigenvalue weighted by molar-refractivity contribution is 5.87. The van der Waals surface area contributed by atoms with Crippen molar-refractivity contribution in [3.8, 4) is 0 Å². The zero-order valence-electron chi connectivity index (χ0n) is 11.1. The van der Waals surface area contributed by atoms with Crippen molar-refractivity contribution in [2.45, 2.75) is 25.9 Å². The Morgan fingerprint density at radius 2 is 2.05 bits per heavy atom. The number of likely N-dealkylation sites (N-methyl/N-ethyl adjacent to an activating group) is 1. The molecule has 5 heteroatoms. The van der Waals surface area contributed by atoms with Crippen molar-refractivity contribution < 1.29 is 9.59 Å². The Bertz CT molecular complexity index is 487. The van der Waals surface area contributed by atoms with Crippen LogP contribution in [0.1, 0.15) is 18.1 Å². The standard InChI is InChI=1S/C14H19N3O2/c1-2-17(9-13(15)18)14(19)12-7-10-5-3-4-6-11(10)8-16-12/h3-6,12,16H,2,7-9H2,1H3,(H2,15,18). The Labute approximate surface area is 112 Å². The summed E-state index contributed by atoms with van der Waals surface area (Å²) < 4.78 is 0. The number of nitrogens with two attached hydrogens (primary N) is 1. The molecule has 1 aliphatic heterocycles. The van der Waals surface area contributed by atoms with Crippen LogP contribution in [0.4, 0.5) is 0 Å². The zero-order valence-corrected chi connectivity index (χ0v) is 11.1. The molecule has 0 saturated heterocycles. The van der Waals surface area contributed by atoms with Crippen LogP contribution in [-0.2, 0) is 22.6 Å². The summed E-state index contributed by atoms with van der Waals surface area (Å²) in [7, 11) is 0. The van der Waals surface area contributed by atoms with Gasteiger partial charge < -0.3 is 16.0 Å². The van der Waals surface area contributed by atoms with Crippen LogP contribution in [0.25, 0.3) is 0 Å². The quantitative estimate of drug-likeness (QED) is 0.803. The summed E-state index contributed by atoms with van der Waals surface area (Å²) in [5.41, 5.74) is 7.58. The summed E-state index contributed by atoms with van der Waals surface area (Å²) in [6.45, 7) is 3.00. The van der Waals surface area contributed by atoms with E-state index in [0.717, 1.165) is 0 Å². The maximum Gasteiger partial charge on any atom is 0.240 e. The van der Waals surface area contributed by atoms with Gasteiger partial charge in [0.1, 0.15) is 0 Å². The highest BCUT2D eigenvalue weighted by Gasteiger charge is 2.27. The molecular weight excluding hydrogens is 242 g/mol. The maximum atomic E-state index is 12.3. The van der Waals surface area contributed by atoms with Gasteiger partial charge in [0, 0.05) is 13.1 Å². The molecule has 2 rings (SSSR count). The number of nitrogens with one attached hydrogen (secondary N) is 1. The number of benzene rings is 1. The molecule has 0 bridgehead atoms. The van der Waals surface area contributed by atoms with Gasteiger partial charge in [-0.2, -0.15) is 0 Å². The van der Waals surface area contributed by atoms with Gasteiger partial charge in [0.05, 0.1) is 12.6 Å². The second-order valence-corrected chi connectivity index (χ2v) is 4.73. The Balaban J connectivity index is 2.07. The first kappa shape index (κ1) is 13.5. The summed E-state index contributed by atoms with van der Waals surface area (Å²) in [4.78, 5) is 24.8. The lowest BCUT2D eigenvalue weighted by molar-refractivity contribution is -0.137. The largest absolute Gasteiger partial charge is 0.368 e. The minimum atomic E-state index is -0.480. The summed E-state index contributed by atoms with van der Waals surface area (Å²) in [5, 5.41) is 3.22. The fourth-order valence-electron chi connectivity index (χ4n) is 2.38. The number of primary amides is 1. The van der Waals surface area contributed by atoms with Gasteiger partial charge in [-0.25, -0.2) is 0 Å². The van der Waals surface area contributed by atoms with Gasteiger partial charge in [0.25, 0.3) is 0 Å². The minimum Gasteiger partial charge on any atom is -0.368 e. The second-order valence-electron chi connectivity index (χ2n) is 4.73. The average Bonchev–Trinajstić information content (AvgIpc) is 2.43. The van der Waals surface area contributed by atoms with Crippen LogP contribution in [0.2, 0.25) is 0 Å². The van der Waals surface area contributed by atoms with Crippen LogP contribution in [-0.4, -0.2) is 35.8 Å². The van der Waals surface area contributed by atoms with E-state index in [-0.39, 0.29) is 18.5 Å². The number of carbonyl (C=O) groups excluding carboxylic acids is 2. The number of carbonyl (C=O) groups is 2. The minimum absolute atomic E-state index is 0.0187. The molecular formula is C14H19N3O2. The number of hydrogen-bond acceptors (Lipinski definition) is 3. The normalized spacial score (nSPS) is 17.6. The van der Waals surface area contributed by atoms with E-state index in [1.807, 2.05) is 25.1 Å². The van der Waals surface area contributed by atoms with Crippen molar-refractivity contribution >= 4 is 11.8 Å². The summed E-state index contributed by atoms with van der Waals surface area (Å²) in [6, 6.07) is 7.81. The first-order chi connectivity index (χ1) is 9.11. The summed E-state index contributed by atoms with van der Waals surface area (Å²) in [6.07, 6.45) is 0.657. The van der Waals surface area contributed by atoms with Crippen molar-refractivity contribution in [1.29, 1.82) is 0 Å². The number of fused-ring (bicyclic) bond motifs is 1. The van der Waals surface area contributed by atoms with Gasteiger partial charge in [0.2, 0.25) is 11.8 Å². The molecule has 0 aromatic heterocycles. The molecule has 1 heterocycles. The fraction of sp³-hybridized carbons (Fsp3) is 0.429. The maximum absolute atomic E-state index is 12.3. The Morgan fingerprint density at radius 3 is 2.68 bits per heavy atom. The molecule has 1 aliphatic rings. The molecule has 1 unspecified atom stereocenters. The molecule has 1 aromatic rings. The molecule has 0 saturated carbocycles. The van der Waals surface area contributed by atoms with Crippen molar-refractivity contribution in [2.75, 3.05) is 13.1 Å². The monoisotopic (exact) mass is 261 g/mol. The molecule has 102 valence electrons. The van der Waals surface area contributed by atoms with E-state index in [1.165, 1.54) is 16.0 Å². The van der Waals surface area contributed by atoms with E-state index in [1.54, 1.807) is 0 Å². The third-order valence-corrected chi connectivity index (χ3v) is 3.42. The predicted molar refractivity (Wildman–Crippen MR) is 72.2 cm³/mol. The van der Waals surface area contributed by atoms with Crippen LogP contribution < -0.4 is 11.1 Å². The van der Waals surface area contributed by atoms with Crippen LogP contribution >= 0.6 is 0 Å². The van der Waals surface area contributed by atoms with Gasteiger partial charge in [-0.05, 0) is 24.5 Å². The molecule has 5 nitrogen and oxygen atoms in total. The topological polar surface area (TPSA) is 75.4 Å². The second kappa shape index (κ2) is 5.84. The molecule has 0 spiro atoms. The number of hydrogen-bond donors (Lipinski definition) is 2. The molecule has 0 aliphatic carbocycles. The van der Waals surface area contributed by atoms with Crippen LogP contribution in [0.15, 0.2) is 24.3 Å². The van der Waals surface area contributed by atoms with E-state index in [2.05, 4.69) is 11.4 Å². The van der Waals surface area contributed by atoms with Crippen LogP contribution in [0.3, 0.4) is 0 Å². The molecule has 0 radical (unpaired) electrons. The average molecular weight is 261 g/mol. The van der Waals surface area contributed by atoms with Gasteiger partial charge in [0.15, 0.2) is 0 Å². The van der Waals surface area contributed by atoms with E-state index < -0.39 is 5.91 Å². The Hall–Kier alpha value is -1.88. The molecule has 19 heavy (non-hydrogen) atoms. The number of amides is 2. The Kier molecular flexibility index (Phi) is 4.16. The van der Waals surface area contributed by atoms with Crippen molar-refractivity contribution in [2.24, 2.45) is 5.73 Å². The molecule has 3 N–H and O–H groups in total. The van der Waals surface area contributed by atoms with Crippen LogP contribution in [0.5, 0.6) is 0 Å². The van der Waals surface area contributed by atoms with E-state index in [9.17, 15) is 9.59 Å². The van der Waals surface area contributed by atoms with E-state index in [0.29, 0.717) is 19.5 Å². The van der Waals surface area contributed by atoms with Gasteiger partial charge in [-0.3, -0.25) is 9.59 Å². The van der Waals surface area contributed by atoms with E-state index >= 15 is 0 Å². The van der Waals surface area contributed by atoms with Crippen molar-refractivity contribution in [3.05, 3.63) is 35.4 Å². The van der Waals surface area contributed by atoms with Gasteiger partial charge in [-0.1, -0.05) is 24.3 Å². The first-order valence-electron chi connectivity index (χ1n) is 6.49. The highest BCUT2D eigenvalue weighted by atomic mass is 16.2. The SMILES string of the molecule is CCN(CC(N)=O)C(=O)C1Cc2ccccc2CN1. The first-order valence-corrected chi connectivity index (χ1v) is 6.49. The predicted octanol–water partition coefficient (Wildman–Crippen LogP) is 0.0347. The molecule has 1 aromatic carbocycles. The van der Waals surface area contributed by atoms with Crippen molar-refractivity contribution in [1.82, 2.24) is 10.2 Å². The number of nitrogens with zero attached hydrogens (tertiary/aromatic N) is 1. The Morgan fingerprint density at radius 1 is 1.37 bits per heavy atom. The highest BCUT2D eigenvalue weighted by Crippen LogP contribution is 2.17. The van der Waals surface area contributed by atoms with Gasteiger partial charge in [-0.15, -0.1) is 0 Å². The summed E-state index contributed by atoms with van der Waals surface area (Å²) in [5.74, 6) is -0.540. The zero-order chi connectivity index (χ0) is 13.8. The third-order valence-electron chi connectivity index (χ3n) is 3.42. The third kappa shape index (κ3) is 3.12. The molecule has 1 atom stereocenters. The summed E-state index contributed by atoms with van der Waals surface area (Å²) >= 11 is 0. The fourth-order valence-corrected chi connectivity index (χ4v) is 2.38. The lowest BCUT2D eigenvalue weighted by Crippen LogP contribution is -2.51. The van der Waals surface area contributed by atoms with Crippen LogP contribution in [0, 0.1) is 0 Å². The number of rotatable bonds is 4. The van der Waals surface area contributed by atoms with Crippen molar-refractivity contribution in [3.63, 3.8) is 0 Å². The van der Waals surface area contributed by atoms with Gasteiger partial charge >= 0.3 is 0 Å². The smallest absolute Gasteiger partial charge is 0.240 e. The van der Waals surface area contributed by atoms with E-state index in [4.69, 9.17) is 5.73 Å². The molecule has 2 amide bonds.